The molecule has 1 N–H and O–H groups in total. The minimum Gasteiger partial charge on any atom is -0.477 e. The molecule has 2 aromatic heterocycles. The number of carbonyl (C=O) groups is 2. The lowest BCUT2D eigenvalue weighted by Crippen LogP contribution is -2.30. The number of hydrogen-bond acceptors (Lipinski definition) is 6. The lowest BCUT2D eigenvalue weighted by atomic mass is 10.1. The number of Topliss-reactive ketones (excluding diaryl/α,β-unsaturated/α-hetero) is 1. The summed E-state index contributed by atoms with van der Waals surface area (Å²) in [4.78, 5) is 30.3. The maximum atomic E-state index is 11.5. The quantitative estimate of drug-likeness (QED) is 0.865. The van der Waals surface area contributed by atoms with Crippen LogP contribution in [0, 0.1) is 6.92 Å². The van der Waals surface area contributed by atoms with E-state index < -0.39 is 5.97 Å². The van der Waals surface area contributed by atoms with Crippen molar-refractivity contribution in [3.05, 3.63) is 27.5 Å². The third-order valence-corrected chi connectivity index (χ3v) is 4.82. The molecule has 0 unspecified atom stereocenters. The number of aromatic carboxylic acids is 1. The molecule has 0 saturated carbocycles. The van der Waals surface area contributed by atoms with E-state index in [1.165, 1.54) is 22.9 Å². The predicted molar refractivity (Wildman–Crippen MR) is 81.8 cm³/mol. The van der Waals surface area contributed by atoms with Gasteiger partial charge in [-0.3, -0.25) is 9.48 Å². The van der Waals surface area contributed by atoms with E-state index >= 15 is 0 Å². The number of carboxylic acid groups (broad SMARTS) is 1. The Morgan fingerprint density at radius 3 is 2.68 bits per heavy atom. The summed E-state index contributed by atoms with van der Waals surface area (Å²) in [6.45, 7) is 4.55. The lowest BCUT2D eigenvalue weighted by Gasteiger charge is -2.26. The highest BCUT2D eigenvalue weighted by molar-refractivity contribution is 7.15. The zero-order chi connectivity index (χ0) is 16.0. The molecule has 0 amide bonds. The van der Waals surface area contributed by atoms with Gasteiger partial charge in [0.25, 0.3) is 0 Å². The molecule has 1 aliphatic heterocycles. The van der Waals surface area contributed by atoms with Gasteiger partial charge in [-0.15, -0.1) is 11.3 Å². The Hall–Kier alpha value is -2.22. The zero-order valence-electron chi connectivity index (χ0n) is 12.6. The number of hydrogen-bond donors (Lipinski definition) is 1. The molecule has 116 valence electrons. The van der Waals surface area contributed by atoms with Crippen LogP contribution in [0.1, 0.15) is 44.0 Å². The second-order valence-electron chi connectivity index (χ2n) is 5.33. The number of aromatic nitrogens is 3. The standard InChI is InChI=1S/C14H16N4O3S/c1-7(19)11-8(2)22-14(15-11)18-5-4-10-9(6-18)12(13(20)21)17(3)16-10/h4-6H2,1-3H3,(H,20,21). The first-order chi connectivity index (χ1) is 10.4. The first-order valence-corrected chi connectivity index (χ1v) is 7.71. The molecule has 7 nitrogen and oxygen atoms in total. The maximum Gasteiger partial charge on any atom is 0.354 e. The van der Waals surface area contributed by atoms with Crippen molar-refractivity contribution < 1.29 is 14.7 Å². The number of thiazole rings is 1. The molecule has 22 heavy (non-hydrogen) atoms. The van der Waals surface area contributed by atoms with Crippen LogP contribution in [0.15, 0.2) is 0 Å². The van der Waals surface area contributed by atoms with Crippen LogP contribution in [0.5, 0.6) is 0 Å². The molecule has 8 heteroatoms. The number of aryl methyl sites for hydroxylation is 2. The third kappa shape index (κ3) is 2.29. The van der Waals surface area contributed by atoms with Gasteiger partial charge in [0, 0.05) is 43.9 Å². The minimum absolute atomic E-state index is 0.0506. The second-order valence-corrected chi connectivity index (χ2v) is 6.51. The predicted octanol–water partition coefficient (Wildman–Crippen LogP) is 1.65. The maximum absolute atomic E-state index is 11.5. The van der Waals surface area contributed by atoms with Crippen LogP contribution in [0.2, 0.25) is 0 Å². The van der Waals surface area contributed by atoms with Crippen molar-refractivity contribution in [3.8, 4) is 0 Å². The van der Waals surface area contributed by atoms with Crippen LogP contribution in [0.4, 0.5) is 5.13 Å². The van der Waals surface area contributed by atoms with Gasteiger partial charge in [-0.1, -0.05) is 0 Å². The van der Waals surface area contributed by atoms with Gasteiger partial charge in [-0.2, -0.15) is 5.10 Å². The summed E-state index contributed by atoms with van der Waals surface area (Å²) in [5, 5.41) is 14.4. The summed E-state index contributed by atoms with van der Waals surface area (Å²) in [5.41, 5.74) is 2.28. The summed E-state index contributed by atoms with van der Waals surface area (Å²) in [5.74, 6) is -1.02. The fraction of sp³-hybridized carbons (Fsp3) is 0.429. The van der Waals surface area contributed by atoms with E-state index in [0.29, 0.717) is 25.2 Å². The highest BCUT2D eigenvalue weighted by Gasteiger charge is 2.28. The second kappa shape index (κ2) is 5.20. The monoisotopic (exact) mass is 320 g/mol. The molecule has 0 bridgehead atoms. The van der Waals surface area contributed by atoms with E-state index in [4.69, 9.17) is 0 Å². The number of carbonyl (C=O) groups excluding carboxylic acids is 1. The normalized spacial score (nSPS) is 14.0. The molecular formula is C14H16N4O3S. The van der Waals surface area contributed by atoms with E-state index in [9.17, 15) is 14.7 Å². The van der Waals surface area contributed by atoms with Crippen molar-refractivity contribution in [2.75, 3.05) is 11.4 Å². The number of ketones is 1. The van der Waals surface area contributed by atoms with Crippen LogP contribution >= 0.6 is 11.3 Å². The summed E-state index contributed by atoms with van der Waals surface area (Å²) in [7, 11) is 1.65. The molecule has 0 atom stereocenters. The van der Waals surface area contributed by atoms with Crippen molar-refractivity contribution in [1.82, 2.24) is 14.8 Å². The first kappa shape index (κ1) is 14.7. The molecule has 1 aliphatic rings. The van der Waals surface area contributed by atoms with Crippen LogP contribution in [-0.2, 0) is 20.0 Å². The highest BCUT2D eigenvalue weighted by Crippen LogP contribution is 2.31. The number of anilines is 1. The molecular weight excluding hydrogens is 304 g/mol. The van der Waals surface area contributed by atoms with Crippen molar-refractivity contribution in [3.63, 3.8) is 0 Å². The Balaban J connectivity index is 1.96. The smallest absolute Gasteiger partial charge is 0.354 e. The SMILES string of the molecule is CC(=O)c1nc(N2CCc3nn(C)c(C(=O)O)c3C2)sc1C. The van der Waals surface area contributed by atoms with Gasteiger partial charge in [-0.05, 0) is 6.92 Å². The Morgan fingerprint density at radius 1 is 1.36 bits per heavy atom. The topological polar surface area (TPSA) is 88.3 Å². The van der Waals surface area contributed by atoms with Crippen molar-refractivity contribution >= 4 is 28.2 Å². The fourth-order valence-electron chi connectivity index (χ4n) is 2.78. The summed E-state index contributed by atoms with van der Waals surface area (Å²) in [6.07, 6.45) is 0.671. The summed E-state index contributed by atoms with van der Waals surface area (Å²) < 4.78 is 1.42. The first-order valence-electron chi connectivity index (χ1n) is 6.89. The van der Waals surface area contributed by atoms with E-state index in [-0.39, 0.29) is 11.5 Å². The Bertz CT molecular complexity index is 777. The molecule has 0 spiro atoms. The molecule has 3 rings (SSSR count). The van der Waals surface area contributed by atoms with Crippen molar-refractivity contribution in [1.29, 1.82) is 0 Å². The van der Waals surface area contributed by atoms with E-state index in [1.54, 1.807) is 7.05 Å². The summed E-state index contributed by atoms with van der Waals surface area (Å²) in [6, 6.07) is 0. The third-order valence-electron chi connectivity index (χ3n) is 3.79. The number of nitrogens with zero attached hydrogens (tertiary/aromatic N) is 4. The Labute approximate surface area is 131 Å². The van der Waals surface area contributed by atoms with Crippen molar-refractivity contribution in [2.24, 2.45) is 7.05 Å². The Kier molecular flexibility index (Phi) is 3.48. The lowest BCUT2D eigenvalue weighted by molar-refractivity contribution is 0.0683. The molecule has 0 aliphatic carbocycles. The zero-order valence-corrected chi connectivity index (χ0v) is 13.4. The average molecular weight is 320 g/mol. The largest absolute Gasteiger partial charge is 0.477 e. The van der Waals surface area contributed by atoms with E-state index in [1.807, 2.05) is 11.8 Å². The molecule has 0 fully saturated rings. The van der Waals surface area contributed by atoms with Crippen LogP contribution in [-0.4, -0.2) is 38.2 Å². The van der Waals surface area contributed by atoms with Crippen LogP contribution in [0.3, 0.4) is 0 Å². The molecule has 0 saturated heterocycles. The van der Waals surface area contributed by atoms with E-state index in [0.717, 1.165) is 21.3 Å². The van der Waals surface area contributed by atoms with E-state index in [2.05, 4.69) is 10.1 Å². The average Bonchev–Trinajstić information content (AvgIpc) is 2.97. The molecule has 3 heterocycles. The van der Waals surface area contributed by atoms with Gasteiger partial charge in [0.05, 0.1) is 5.69 Å². The Morgan fingerprint density at radius 2 is 2.09 bits per heavy atom. The fourth-order valence-corrected chi connectivity index (χ4v) is 3.76. The van der Waals surface area contributed by atoms with Gasteiger partial charge >= 0.3 is 5.97 Å². The van der Waals surface area contributed by atoms with Crippen LogP contribution < -0.4 is 4.90 Å². The number of rotatable bonds is 3. The van der Waals surface area contributed by atoms with Crippen LogP contribution in [0.25, 0.3) is 0 Å². The molecule has 2 aromatic rings. The van der Waals surface area contributed by atoms with Gasteiger partial charge < -0.3 is 10.0 Å². The highest BCUT2D eigenvalue weighted by atomic mass is 32.1. The van der Waals surface area contributed by atoms with Gasteiger partial charge in [-0.25, -0.2) is 9.78 Å². The van der Waals surface area contributed by atoms with Gasteiger partial charge in [0.15, 0.2) is 16.6 Å². The van der Waals surface area contributed by atoms with Crippen molar-refractivity contribution in [2.45, 2.75) is 26.8 Å². The number of carboxylic acids is 1. The van der Waals surface area contributed by atoms with Gasteiger partial charge in [0.1, 0.15) is 5.69 Å². The summed E-state index contributed by atoms with van der Waals surface area (Å²) >= 11 is 1.46. The molecule has 0 radical (unpaired) electrons. The van der Waals surface area contributed by atoms with Gasteiger partial charge in [0.2, 0.25) is 0 Å². The number of fused-ring (bicyclic) bond motifs is 1. The minimum atomic E-state index is -0.974. The molecule has 0 aromatic carbocycles.